The van der Waals surface area contributed by atoms with Gasteiger partial charge in [-0.1, -0.05) is 12.1 Å². The molecule has 1 aromatic carbocycles. The summed E-state index contributed by atoms with van der Waals surface area (Å²) in [6, 6.07) is 7.55. The van der Waals surface area contributed by atoms with Crippen LogP contribution in [0.2, 0.25) is 0 Å². The number of hydrogen-bond acceptors (Lipinski definition) is 5. The van der Waals surface area contributed by atoms with Crippen LogP contribution in [0.4, 0.5) is 0 Å². The van der Waals surface area contributed by atoms with E-state index in [9.17, 15) is 4.79 Å². The van der Waals surface area contributed by atoms with Gasteiger partial charge in [0.05, 0.1) is 18.7 Å². The Morgan fingerprint density at radius 1 is 1.25 bits per heavy atom. The lowest BCUT2D eigenvalue weighted by Crippen LogP contribution is -2.03. The molecular formula is C14H13BrO4S. The molecule has 0 aliphatic rings. The first kappa shape index (κ1) is 14.9. The molecule has 0 saturated heterocycles. The van der Waals surface area contributed by atoms with Crippen LogP contribution in [0.3, 0.4) is 0 Å². The third-order valence-electron chi connectivity index (χ3n) is 2.62. The van der Waals surface area contributed by atoms with Crippen LogP contribution in [0, 0.1) is 0 Å². The second-order valence-corrected chi connectivity index (χ2v) is 5.60. The van der Waals surface area contributed by atoms with Crippen molar-refractivity contribution in [3.8, 4) is 11.5 Å². The summed E-state index contributed by atoms with van der Waals surface area (Å²) in [5.74, 6) is 0.906. The zero-order valence-corrected chi connectivity index (χ0v) is 13.4. The van der Waals surface area contributed by atoms with Crippen molar-refractivity contribution in [2.75, 3.05) is 14.2 Å². The van der Waals surface area contributed by atoms with E-state index in [1.165, 1.54) is 18.4 Å². The van der Waals surface area contributed by atoms with Gasteiger partial charge in [-0.25, -0.2) is 4.79 Å². The summed E-state index contributed by atoms with van der Waals surface area (Å²) in [7, 11) is 2.97. The number of carbonyl (C=O) groups excluding carboxylic acids is 1. The van der Waals surface area contributed by atoms with Gasteiger partial charge >= 0.3 is 5.97 Å². The summed E-state index contributed by atoms with van der Waals surface area (Å²) in [6.07, 6.45) is 0. The second-order valence-electron chi connectivity index (χ2n) is 3.87. The zero-order valence-electron chi connectivity index (χ0n) is 11.0. The van der Waals surface area contributed by atoms with Crippen LogP contribution in [-0.4, -0.2) is 20.2 Å². The van der Waals surface area contributed by atoms with Crippen molar-refractivity contribution in [2.24, 2.45) is 0 Å². The van der Waals surface area contributed by atoms with E-state index in [0.29, 0.717) is 17.2 Å². The summed E-state index contributed by atoms with van der Waals surface area (Å²) in [4.78, 5) is 12.1. The molecule has 0 radical (unpaired) electrons. The number of ether oxygens (including phenoxy) is 3. The standard InChI is InChI=1S/C14H13BrO4S/c1-17-10-5-3-9(4-6-10)7-19-12-11(15)8-20-13(12)14(16)18-2/h3-6,8H,7H2,1-2H3. The number of halogens is 1. The number of thiophene rings is 1. The molecule has 0 spiro atoms. The maximum absolute atomic E-state index is 11.6. The Balaban J connectivity index is 2.10. The minimum Gasteiger partial charge on any atom is -0.497 e. The lowest BCUT2D eigenvalue weighted by atomic mass is 10.2. The molecule has 0 bridgehead atoms. The van der Waals surface area contributed by atoms with Crippen molar-refractivity contribution in [2.45, 2.75) is 6.61 Å². The minimum absolute atomic E-state index is 0.364. The third kappa shape index (κ3) is 3.32. The lowest BCUT2D eigenvalue weighted by Gasteiger charge is -2.08. The number of rotatable bonds is 5. The first-order valence-electron chi connectivity index (χ1n) is 5.76. The van der Waals surface area contributed by atoms with Crippen molar-refractivity contribution in [1.82, 2.24) is 0 Å². The highest BCUT2D eigenvalue weighted by Crippen LogP contribution is 2.36. The molecule has 0 aliphatic heterocycles. The van der Waals surface area contributed by atoms with E-state index in [1.54, 1.807) is 12.5 Å². The Bertz CT molecular complexity index is 592. The Labute approximate surface area is 129 Å². The van der Waals surface area contributed by atoms with E-state index in [-0.39, 0.29) is 0 Å². The van der Waals surface area contributed by atoms with Crippen LogP contribution >= 0.6 is 27.3 Å². The first-order chi connectivity index (χ1) is 9.65. The number of methoxy groups -OCH3 is 2. The van der Waals surface area contributed by atoms with Crippen LogP contribution in [0.1, 0.15) is 15.2 Å². The van der Waals surface area contributed by atoms with E-state index in [1.807, 2.05) is 24.3 Å². The number of benzene rings is 1. The largest absolute Gasteiger partial charge is 0.497 e. The van der Waals surface area contributed by atoms with Gasteiger partial charge in [0.2, 0.25) is 0 Å². The molecule has 0 atom stereocenters. The molecule has 0 amide bonds. The van der Waals surface area contributed by atoms with Gasteiger partial charge in [-0.15, -0.1) is 11.3 Å². The Morgan fingerprint density at radius 2 is 1.95 bits per heavy atom. The normalized spacial score (nSPS) is 10.2. The topological polar surface area (TPSA) is 44.8 Å². The third-order valence-corrected chi connectivity index (χ3v) is 4.45. The summed E-state index contributed by atoms with van der Waals surface area (Å²) >= 11 is 4.65. The Hall–Kier alpha value is -1.53. The molecule has 2 aromatic rings. The molecule has 0 N–H and O–H groups in total. The van der Waals surface area contributed by atoms with Gasteiger partial charge < -0.3 is 14.2 Å². The molecule has 0 unspecified atom stereocenters. The molecule has 20 heavy (non-hydrogen) atoms. The summed E-state index contributed by atoms with van der Waals surface area (Å²) in [6.45, 7) is 0.364. The number of carbonyl (C=O) groups is 1. The molecule has 106 valence electrons. The maximum atomic E-state index is 11.6. The predicted molar refractivity (Wildman–Crippen MR) is 80.7 cm³/mol. The van der Waals surface area contributed by atoms with Gasteiger partial charge in [-0.3, -0.25) is 0 Å². The van der Waals surface area contributed by atoms with Crippen molar-refractivity contribution in [3.63, 3.8) is 0 Å². The maximum Gasteiger partial charge on any atom is 0.351 e. The van der Waals surface area contributed by atoms with E-state index < -0.39 is 5.97 Å². The highest BCUT2D eigenvalue weighted by molar-refractivity contribution is 9.10. The van der Waals surface area contributed by atoms with Gasteiger partial charge in [-0.05, 0) is 33.6 Å². The van der Waals surface area contributed by atoms with Gasteiger partial charge in [0.1, 0.15) is 12.4 Å². The van der Waals surface area contributed by atoms with Crippen LogP contribution in [0.25, 0.3) is 0 Å². The fourth-order valence-corrected chi connectivity index (χ4v) is 3.08. The quantitative estimate of drug-likeness (QED) is 0.762. The average Bonchev–Trinajstić information content (AvgIpc) is 2.86. The van der Waals surface area contributed by atoms with E-state index in [4.69, 9.17) is 14.2 Å². The van der Waals surface area contributed by atoms with Crippen molar-refractivity contribution in [3.05, 3.63) is 44.6 Å². The van der Waals surface area contributed by atoms with Crippen molar-refractivity contribution in [1.29, 1.82) is 0 Å². The fourth-order valence-electron chi connectivity index (χ4n) is 1.57. The van der Waals surface area contributed by atoms with Crippen LogP contribution in [0.15, 0.2) is 34.1 Å². The molecule has 4 nitrogen and oxygen atoms in total. The molecule has 1 heterocycles. The van der Waals surface area contributed by atoms with Gasteiger partial charge in [0.15, 0.2) is 10.6 Å². The fraction of sp³-hybridized carbons (Fsp3) is 0.214. The van der Waals surface area contributed by atoms with Gasteiger partial charge in [-0.2, -0.15) is 0 Å². The Kier molecular flexibility index (Phi) is 5.03. The monoisotopic (exact) mass is 356 g/mol. The molecule has 0 aliphatic carbocycles. The molecule has 0 saturated carbocycles. The highest BCUT2D eigenvalue weighted by Gasteiger charge is 2.19. The minimum atomic E-state index is -0.398. The summed E-state index contributed by atoms with van der Waals surface area (Å²) in [5.41, 5.74) is 0.986. The summed E-state index contributed by atoms with van der Waals surface area (Å²) < 4.78 is 16.3. The molecule has 2 rings (SSSR count). The molecule has 0 fully saturated rings. The van der Waals surface area contributed by atoms with Crippen molar-refractivity contribution >= 4 is 33.2 Å². The first-order valence-corrected chi connectivity index (χ1v) is 7.44. The smallest absolute Gasteiger partial charge is 0.351 e. The van der Waals surface area contributed by atoms with Gasteiger partial charge in [0.25, 0.3) is 0 Å². The lowest BCUT2D eigenvalue weighted by molar-refractivity contribution is 0.0601. The number of esters is 1. The average molecular weight is 357 g/mol. The van der Waals surface area contributed by atoms with Crippen molar-refractivity contribution < 1.29 is 19.0 Å². The van der Waals surface area contributed by atoms with E-state index >= 15 is 0 Å². The molecule has 1 aromatic heterocycles. The van der Waals surface area contributed by atoms with Crippen LogP contribution in [0.5, 0.6) is 11.5 Å². The predicted octanol–water partition coefficient (Wildman–Crippen LogP) is 3.88. The highest BCUT2D eigenvalue weighted by atomic mass is 79.9. The molecular weight excluding hydrogens is 344 g/mol. The SMILES string of the molecule is COC(=O)c1scc(Br)c1OCc1ccc(OC)cc1. The summed E-state index contributed by atoms with van der Waals surface area (Å²) in [5, 5.41) is 1.80. The molecule has 6 heteroatoms. The Morgan fingerprint density at radius 3 is 2.55 bits per heavy atom. The van der Waals surface area contributed by atoms with E-state index in [0.717, 1.165) is 15.8 Å². The van der Waals surface area contributed by atoms with Crippen LogP contribution in [-0.2, 0) is 11.3 Å². The van der Waals surface area contributed by atoms with Gasteiger partial charge in [0, 0.05) is 5.38 Å². The zero-order chi connectivity index (χ0) is 14.5. The van der Waals surface area contributed by atoms with Crippen LogP contribution < -0.4 is 9.47 Å². The second kappa shape index (κ2) is 6.76. The number of hydrogen-bond donors (Lipinski definition) is 0. The van der Waals surface area contributed by atoms with E-state index in [2.05, 4.69) is 15.9 Å².